The molecule has 0 spiro atoms. The van der Waals surface area contributed by atoms with Crippen molar-refractivity contribution in [3.05, 3.63) is 81.0 Å². The minimum absolute atomic E-state index is 0.128. The number of nitrogens with zero attached hydrogens (tertiary/aromatic N) is 2. The molecule has 3 rings (SSSR count). The summed E-state index contributed by atoms with van der Waals surface area (Å²) in [5, 5.41) is 7.62. The normalized spacial score (nSPS) is 10.6. The summed E-state index contributed by atoms with van der Waals surface area (Å²) in [6.45, 7) is 3.42. The Hall–Kier alpha value is -2.31. The van der Waals surface area contributed by atoms with Gasteiger partial charge in [0, 0.05) is 18.3 Å². The molecule has 0 aliphatic heterocycles. The van der Waals surface area contributed by atoms with Gasteiger partial charge in [0.2, 0.25) is 0 Å². The van der Waals surface area contributed by atoms with Crippen molar-refractivity contribution >= 4 is 33.4 Å². The van der Waals surface area contributed by atoms with E-state index in [0.29, 0.717) is 36.0 Å². The van der Waals surface area contributed by atoms with Gasteiger partial charge in [0.15, 0.2) is 0 Å². The van der Waals surface area contributed by atoms with Gasteiger partial charge in [0.1, 0.15) is 12.4 Å². The summed E-state index contributed by atoms with van der Waals surface area (Å²) in [5.74, 6) is 0.508. The fourth-order valence-corrected chi connectivity index (χ4v) is 3.03. The van der Waals surface area contributed by atoms with Crippen LogP contribution in [0.25, 0.3) is 0 Å². The molecule has 7 heteroatoms. The van der Waals surface area contributed by atoms with Gasteiger partial charge in [-0.05, 0) is 58.2 Å². The highest BCUT2D eigenvalue weighted by molar-refractivity contribution is 9.10. The van der Waals surface area contributed by atoms with Crippen LogP contribution in [0.4, 0.5) is 0 Å². The Morgan fingerprint density at radius 3 is 2.93 bits per heavy atom. The highest BCUT2D eigenvalue weighted by Gasteiger charge is 2.08. The summed E-state index contributed by atoms with van der Waals surface area (Å²) in [6.07, 6.45) is 3.58. The molecule has 2 aromatic carbocycles. The molecule has 5 nitrogen and oxygen atoms in total. The number of amides is 1. The molecule has 1 amide bonds. The maximum absolute atomic E-state index is 12.4. The van der Waals surface area contributed by atoms with E-state index >= 15 is 0 Å². The number of aryl methyl sites for hydroxylation is 1. The van der Waals surface area contributed by atoms with E-state index in [9.17, 15) is 4.79 Å². The lowest BCUT2D eigenvalue weighted by atomic mass is 10.1. The van der Waals surface area contributed by atoms with Crippen molar-refractivity contribution < 1.29 is 9.53 Å². The number of hydrogen-bond donors (Lipinski definition) is 1. The lowest BCUT2D eigenvalue weighted by Crippen LogP contribution is -2.27. The minimum Gasteiger partial charge on any atom is -0.487 e. The van der Waals surface area contributed by atoms with Crippen LogP contribution in [0.1, 0.15) is 21.5 Å². The zero-order valence-corrected chi connectivity index (χ0v) is 17.1. The van der Waals surface area contributed by atoms with Crippen molar-refractivity contribution in [1.29, 1.82) is 0 Å². The molecule has 27 heavy (non-hydrogen) atoms. The first-order valence-electron chi connectivity index (χ1n) is 8.45. The topological polar surface area (TPSA) is 56.1 Å². The molecule has 1 N–H and O–H groups in total. The molecule has 0 aliphatic rings. The second-order valence-corrected chi connectivity index (χ2v) is 7.42. The van der Waals surface area contributed by atoms with Crippen LogP contribution in [0.5, 0.6) is 5.75 Å². The third-order valence-electron chi connectivity index (χ3n) is 3.90. The SMILES string of the molecule is Cc1ccc(Cl)c(OCc2cccc(C(=O)NCCn3cc(Br)cn3)c2)c1. The summed E-state index contributed by atoms with van der Waals surface area (Å²) in [5.41, 5.74) is 2.57. The van der Waals surface area contributed by atoms with Crippen LogP contribution in [0.2, 0.25) is 5.02 Å². The van der Waals surface area contributed by atoms with E-state index in [2.05, 4.69) is 26.3 Å². The Morgan fingerprint density at radius 1 is 1.30 bits per heavy atom. The number of benzene rings is 2. The molecule has 0 unspecified atom stereocenters. The molecule has 140 valence electrons. The number of ether oxygens (including phenoxy) is 1. The number of carbonyl (C=O) groups is 1. The third kappa shape index (κ3) is 5.58. The van der Waals surface area contributed by atoms with Gasteiger partial charge in [-0.3, -0.25) is 9.48 Å². The average Bonchev–Trinajstić information content (AvgIpc) is 3.08. The number of hydrogen-bond acceptors (Lipinski definition) is 3. The Morgan fingerprint density at radius 2 is 2.15 bits per heavy atom. The maximum Gasteiger partial charge on any atom is 0.251 e. The Bertz CT molecular complexity index is 942. The highest BCUT2D eigenvalue weighted by atomic mass is 79.9. The van der Waals surface area contributed by atoms with Crippen molar-refractivity contribution in [3.8, 4) is 5.75 Å². The average molecular weight is 449 g/mol. The lowest BCUT2D eigenvalue weighted by molar-refractivity contribution is 0.0951. The third-order valence-corrected chi connectivity index (χ3v) is 4.62. The monoisotopic (exact) mass is 447 g/mol. The van der Waals surface area contributed by atoms with Crippen LogP contribution in [0.3, 0.4) is 0 Å². The standard InChI is InChI=1S/C20H19BrClN3O2/c1-14-5-6-18(22)19(9-14)27-13-15-3-2-4-16(10-15)20(26)23-7-8-25-12-17(21)11-24-25/h2-6,9-12H,7-8,13H2,1H3,(H,23,26). The van der Waals surface area contributed by atoms with Crippen molar-refractivity contribution in [2.24, 2.45) is 0 Å². The first-order chi connectivity index (χ1) is 13.0. The molecule has 3 aromatic rings. The van der Waals surface area contributed by atoms with Gasteiger partial charge < -0.3 is 10.1 Å². The van der Waals surface area contributed by atoms with E-state index in [-0.39, 0.29) is 5.91 Å². The molecule has 0 bridgehead atoms. The van der Waals surface area contributed by atoms with Crippen LogP contribution in [0, 0.1) is 6.92 Å². The summed E-state index contributed by atoms with van der Waals surface area (Å²) < 4.78 is 8.48. The fourth-order valence-electron chi connectivity index (χ4n) is 2.53. The number of halogens is 2. The summed E-state index contributed by atoms with van der Waals surface area (Å²) >= 11 is 9.50. The van der Waals surface area contributed by atoms with Gasteiger partial charge in [0.25, 0.3) is 5.91 Å². The van der Waals surface area contributed by atoms with Gasteiger partial charge in [-0.2, -0.15) is 5.10 Å². The molecule has 0 saturated carbocycles. The number of rotatable bonds is 7. The number of nitrogens with one attached hydrogen (secondary N) is 1. The van der Waals surface area contributed by atoms with E-state index in [1.54, 1.807) is 16.9 Å². The largest absolute Gasteiger partial charge is 0.487 e. The molecule has 0 radical (unpaired) electrons. The van der Waals surface area contributed by atoms with Gasteiger partial charge in [-0.25, -0.2) is 0 Å². The Labute approximate surface area is 171 Å². The number of carbonyl (C=O) groups excluding carboxylic acids is 1. The van der Waals surface area contributed by atoms with Gasteiger partial charge in [-0.15, -0.1) is 0 Å². The van der Waals surface area contributed by atoms with Crippen molar-refractivity contribution in [1.82, 2.24) is 15.1 Å². The Kier molecular flexibility index (Phi) is 6.53. The fraction of sp³-hybridized carbons (Fsp3) is 0.200. The molecular weight excluding hydrogens is 430 g/mol. The molecule has 1 heterocycles. The second kappa shape index (κ2) is 9.06. The molecule has 0 aliphatic carbocycles. The van der Waals surface area contributed by atoms with Crippen molar-refractivity contribution in [3.63, 3.8) is 0 Å². The summed E-state index contributed by atoms with van der Waals surface area (Å²) in [7, 11) is 0. The van der Waals surface area contributed by atoms with E-state index in [4.69, 9.17) is 16.3 Å². The molecule has 1 aromatic heterocycles. The zero-order valence-electron chi connectivity index (χ0n) is 14.8. The molecule has 0 fully saturated rings. The van der Waals surface area contributed by atoms with Gasteiger partial charge in [0.05, 0.1) is 22.2 Å². The molecule has 0 atom stereocenters. The first kappa shape index (κ1) is 19.5. The van der Waals surface area contributed by atoms with Crippen LogP contribution >= 0.6 is 27.5 Å². The predicted octanol–water partition coefficient (Wildman–Crippen LogP) is 4.62. The lowest BCUT2D eigenvalue weighted by Gasteiger charge is -2.10. The van der Waals surface area contributed by atoms with Crippen molar-refractivity contribution in [2.75, 3.05) is 6.54 Å². The summed E-state index contributed by atoms with van der Waals surface area (Å²) in [6, 6.07) is 13.0. The van der Waals surface area contributed by atoms with E-state index in [1.807, 2.05) is 49.5 Å². The second-order valence-electron chi connectivity index (χ2n) is 6.10. The molecule has 0 saturated heterocycles. The van der Waals surface area contributed by atoms with Crippen LogP contribution in [-0.4, -0.2) is 22.2 Å². The quantitative estimate of drug-likeness (QED) is 0.574. The predicted molar refractivity (Wildman–Crippen MR) is 109 cm³/mol. The smallest absolute Gasteiger partial charge is 0.251 e. The zero-order chi connectivity index (χ0) is 19.2. The highest BCUT2D eigenvalue weighted by Crippen LogP contribution is 2.26. The van der Waals surface area contributed by atoms with Crippen LogP contribution in [0.15, 0.2) is 59.3 Å². The van der Waals surface area contributed by atoms with Crippen molar-refractivity contribution in [2.45, 2.75) is 20.1 Å². The molecular formula is C20H19BrClN3O2. The Balaban J connectivity index is 1.56. The first-order valence-corrected chi connectivity index (χ1v) is 9.62. The van der Waals surface area contributed by atoms with E-state index in [0.717, 1.165) is 15.6 Å². The van der Waals surface area contributed by atoms with Gasteiger partial charge in [-0.1, -0.05) is 29.8 Å². The van der Waals surface area contributed by atoms with Crippen LogP contribution in [-0.2, 0) is 13.2 Å². The minimum atomic E-state index is -0.128. The summed E-state index contributed by atoms with van der Waals surface area (Å²) in [4.78, 5) is 12.4. The van der Waals surface area contributed by atoms with Gasteiger partial charge >= 0.3 is 0 Å². The van der Waals surface area contributed by atoms with E-state index in [1.165, 1.54) is 0 Å². The maximum atomic E-state index is 12.4. The van der Waals surface area contributed by atoms with E-state index < -0.39 is 0 Å². The van der Waals surface area contributed by atoms with Crippen LogP contribution < -0.4 is 10.1 Å². The number of aromatic nitrogens is 2.